The van der Waals surface area contributed by atoms with Crippen LogP contribution in [0.3, 0.4) is 0 Å². The molecule has 0 amide bonds. The first kappa shape index (κ1) is 14.6. The van der Waals surface area contributed by atoms with E-state index in [0.717, 1.165) is 25.2 Å². The molecule has 0 bridgehead atoms. The summed E-state index contributed by atoms with van der Waals surface area (Å²) in [6.45, 7) is 6.70. The highest BCUT2D eigenvalue weighted by molar-refractivity contribution is 5.25. The van der Waals surface area contributed by atoms with Gasteiger partial charge in [-0.05, 0) is 48.6 Å². The van der Waals surface area contributed by atoms with E-state index >= 15 is 0 Å². The Morgan fingerprint density at radius 3 is 2.21 bits per heavy atom. The van der Waals surface area contributed by atoms with Gasteiger partial charge in [0.1, 0.15) is 0 Å². The van der Waals surface area contributed by atoms with Crippen LogP contribution in [-0.2, 0) is 6.42 Å². The molecule has 1 nitrogen and oxygen atoms in total. The number of aliphatic hydroxyl groups is 1. The Bertz CT molecular complexity index is 383. The van der Waals surface area contributed by atoms with Crippen molar-refractivity contribution in [1.82, 2.24) is 0 Å². The van der Waals surface area contributed by atoms with Gasteiger partial charge in [-0.1, -0.05) is 51.5 Å². The molecular weight excluding hydrogens is 232 g/mol. The zero-order chi connectivity index (χ0) is 13.9. The molecule has 0 atom stereocenters. The average Bonchev–Trinajstić information content (AvgIpc) is 2.40. The molecule has 1 N–H and O–H groups in total. The number of benzene rings is 1. The highest BCUT2D eigenvalue weighted by Crippen LogP contribution is 2.35. The second-order valence-electron chi connectivity index (χ2n) is 6.65. The SMILES string of the molecule is CCC1CCC(O)(Cc2ccc(C(C)C)cc2)CC1. The van der Waals surface area contributed by atoms with Gasteiger partial charge in [0, 0.05) is 6.42 Å². The Labute approximate surface area is 118 Å². The molecular formula is C18H28O. The van der Waals surface area contributed by atoms with Gasteiger partial charge in [-0.2, -0.15) is 0 Å². The summed E-state index contributed by atoms with van der Waals surface area (Å²) in [5.41, 5.74) is 2.21. The molecule has 0 spiro atoms. The van der Waals surface area contributed by atoms with Crippen molar-refractivity contribution in [1.29, 1.82) is 0 Å². The molecule has 1 aromatic carbocycles. The summed E-state index contributed by atoms with van der Waals surface area (Å²) in [5, 5.41) is 10.7. The summed E-state index contributed by atoms with van der Waals surface area (Å²) in [7, 11) is 0. The summed E-state index contributed by atoms with van der Waals surface area (Å²) >= 11 is 0. The highest BCUT2D eigenvalue weighted by Gasteiger charge is 2.32. The van der Waals surface area contributed by atoms with Crippen LogP contribution in [0.4, 0.5) is 0 Å². The largest absolute Gasteiger partial charge is 0.390 e. The highest BCUT2D eigenvalue weighted by atomic mass is 16.3. The lowest BCUT2D eigenvalue weighted by Gasteiger charge is -2.36. The van der Waals surface area contributed by atoms with Crippen LogP contribution in [0.5, 0.6) is 0 Å². The molecule has 0 heterocycles. The van der Waals surface area contributed by atoms with E-state index in [1.807, 2.05) is 0 Å². The summed E-state index contributed by atoms with van der Waals surface area (Å²) in [6.07, 6.45) is 6.41. The topological polar surface area (TPSA) is 20.2 Å². The van der Waals surface area contributed by atoms with Crippen molar-refractivity contribution in [2.45, 2.75) is 70.8 Å². The van der Waals surface area contributed by atoms with Gasteiger partial charge in [0.05, 0.1) is 5.60 Å². The molecule has 2 rings (SSSR count). The minimum atomic E-state index is -0.453. The van der Waals surface area contributed by atoms with Crippen LogP contribution in [0.1, 0.15) is 69.9 Å². The van der Waals surface area contributed by atoms with Gasteiger partial charge in [-0.15, -0.1) is 0 Å². The third kappa shape index (κ3) is 3.82. The maximum absolute atomic E-state index is 10.7. The molecule has 1 aromatic rings. The molecule has 0 unspecified atom stereocenters. The van der Waals surface area contributed by atoms with Crippen LogP contribution in [0.2, 0.25) is 0 Å². The standard InChI is InChI=1S/C18H28O/c1-4-15-9-11-18(19,12-10-15)13-16-5-7-17(8-6-16)14(2)3/h5-8,14-15,19H,4,9-13H2,1-3H3. The van der Waals surface area contributed by atoms with Crippen LogP contribution in [0.15, 0.2) is 24.3 Å². The maximum atomic E-state index is 10.7. The predicted octanol–water partition coefficient (Wildman–Crippen LogP) is 4.68. The van der Waals surface area contributed by atoms with Crippen LogP contribution in [0, 0.1) is 5.92 Å². The second kappa shape index (κ2) is 6.09. The van der Waals surface area contributed by atoms with Gasteiger partial charge in [0.25, 0.3) is 0 Å². The monoisotopic (exact) mass is 260 g/mol. The third-order valence-electron chi connectivity index (χ3n) is 4.79. The van der Waals surface area contributed by atoms with E-state index in [-0.39, 0.29) is 0 Å². The van der Waals surface area contributed by atoms with Gasteiger partial charge in [0.2, 0.25) is 0 Å². The van der Waals surface area contributed by atoms with Crippen molar-refractivity contribution in [2.75, 3.05) is 0 Å². The first-order chi connectivity index (χ1) is 9.02. The zero-order valence-electron chi connectivity index (χ0n) is 12.7. The molecule has 0 saturated heterocycles. The van der Waals surface area contributed by atoms with E-state index in [2.05, 4.69) is 45.0 Å². The van der Waals surface area contributed by atoms with Crippen molar-refractivity contribution < 1.29 is 5.11 Å². The van der Waals surface area contributed by atoms with Crippen LogP contribution in [0.25, 0.3) is 0 Å². The van der Waals surface area contributed by atoms with Gasteiger partial charge >= 0.3 is 0 Å². The van der Waals surface area contributed by atoms with Crippen molar-refractivity contribution in [2.24, 2.45) is 5.92 Å². The van der Waals surface area contributed by atoms with E-state index < -0.39 is 5.60 Å². The third-order valence-corrected chi connectivity index (χ3v) is 4.79. The minimum Gasteiger partial charge on any atom is -0.390 e. The van der Waals surface area contributed by atoms with Crippen molar-refractivity contribution in [3.05, 3.63) is 35.4 Å². The summed E-state index contributed by atoms with van der Waals surface area (Å²) in [4.78, 5) is 0. The molecule has 1 saturated carbocycles. The van der Waals surface area contributed by atoms with E-state index in [0.29, 0.717) is 5.92 Å². The number of hydrogen-bond donors (Lipinski definition) is 1. The zero-order valence-corrected chi connectivity index (χ0v) is 12.7. The molecule has 1 aliphatic rings. The molecule has 0 aromatic heterocycles. The lowest BCUT2D eigenvalue weighted by molar-refractivity contribution is -0.00922. The van der Waals surface area contributed by atoms with Crippen molar-refractivity contribution >= 4 is 0 Å². The Morgan fingerprint density at radius 1 is 1.16 bits per heavy atom. The first-order valence-corrected chi connectivity index (χ1v) is 7.83. The quantitative estimate of drug-likeness (QED) is 0.833. The van der Waals surface area contributed by atoms with Crippen LogP contribution < -0.4 is 0 Å². The fourth-order valence-corrected chi connectivity index (χ4v) is 3.20. The Hall–Kier alpha value is -0.820. The molecule has 19 heavy (non-hydrogen) atoms. The molecule has 106 valence electrons. The molecule has 0 aliphatic heterocycles. The second-order valence-corrected chi connectivity index (χ2v) is 6.65. The lowest BCUT2D eigenvalue weighted by Crippen LogP contribution is -2.36. The average molecular weight is 260 g/mol. The van der Waals surface area contributed by atoms with E-state index in [9.17, 15) is 5.11 Å². The van der Waals surface area contributed by atoms with Crippen molar-refractivity contribution in [3.8, 4) is 0 Å². The lowest BCUT2D eigenvalue weighted by atomic mass is 9.75. The van der Waals surface area contributed by atoms with Gasteiger partial charge in [-0.25, -0.2) is 0 Å². The number of rotatable bonds is 4. The Balaban J connectivity index is 1.97. The van der Waals surface area contributed by atoms with Crippen LogP contribution >= 0.6 is 0 Å². The van der Waals surface area contributed by atoms with Gasteiger partial charge < -0.3 is 5.11 Å². The van der Waals surface area contributed by atoms with Crippen LogP contribution in [-0.4, -0.2) is 10.7 Å². The first-order valence-electron chi connectivity index (χ1n) is 7.83. The van der Waals surface area contributed by atoms with E-state index in [4.69, 9.17) is 0 Å². The molecule has 1 heteroatoms. The van der Waals surface area contributed by atoms with Crippen molar-refractivity contribution in [3.63, 3.8) is 0 Å². The molecule has 1 aliphatic carbocycles. The smallest absolute Gasteiger partial charge is 0.0688 e. The predicted molar refractivity (Wildman–Crippen MR) is 81.4 cm³/mol. The molecule has 1 fully saturated rings. The van der Waals surface area contributed by atoms with E-state index in [1.165, 1.54) is 30.4 Å². The summed E-state index contributed by atoms with van der Waals surface area (Å²) in [5.74, 6) is 1.42. The fourth-order valence-electron chi connectivity index (χ4n) is 3.20. The Morgan fingerprint density at radius 2 is 1.74 bits per heavy atom. The normalized spacial score (nSPS) is 27.7. The maximum Gasteiger partial charge on any atom is 0.0688 e. The fraction of sp³-hybridized carbons (Fsp3) is 0.667. The Kier molecular flexibility index (Phi) is 4.67. The van der Waals surface area contributed by atoms with Gasteiger partial charge in [0.15, 0.2) is 0 Å². The van der Waals surface area contributed by atoms with E-state index in [1.54, 1.807) is 0 Å². The van der Waals surface area contributed by atoms with Gasteiger partial charge in [-0.3, -0.25) is 0 Å². The summed E-state index contributed by atoms with van der Waals surface area (Å²) in [6, 6.07) is 8.81. The summed E-state index contributed by atoms with van der Waals surface area (Å²) < 4.78 is 0. The minimum absolute atomic E-state index is 0.453. The molecule has 0 radical (unpaired) electrons. The number of hydrogen-bond acceptors (Lipinski definition) is 1.